The first-order chi connectivity index (χ1) is 10.9. The van der Waals surface area contributed by atoms with Gasteiger partial charge in [0.15, 0.2) is 0 Å². The van der Waals surface area contributed by atoms with Crippen LogP contribution in [0.2, 0.25) is 0 Å². The van der Waals surface area contributed by atoms with Crippen LogP contribution < -0.4 is 10.1 Å². The topological polar surface area (TPSA) is 47.0 Å². The van der Waals surface area contributed by atoms with E-state index in [1.54, 1.807) is 0 Å². The van der Waals surface area contributed by atoms with Crippen molar-refractivity contribution in [2.45, 2.75) is 63.7 Å². The zero-order valence-corrected chi connectivity index (χ0v) is 13.4. The molecule has 4 rings (SSSR count). The second kappa shape index (κ2) is 6.53. The van der Waals surface area contributed by atoms with Crippen LogP contribution in [0.25, 0.3) is 0 Å². The summed E-state index contributed by atoms with van der Waals surface area (Å²) in [5, 5.41) is 3.46. The van der Waals surface area contributed by atoms with E-state index in [9.17, 15) is 0 Å². The largest absolute Gasteiger partial charge is 0.477 e. The Morgan fingerprint density at radius 2 is 1.82 bits per heavy atom. The Balaban J connectivity index is 1.49. The molecule has 4 nitrogen and oxygen atoms in total. The first-order valence-electron chi connectivity index (χ1n) is 9.13. The second-order valence-electron chi connectivity index (χ2n) is 7.12. The van der Waals surface area contributed by atoms with Gasteiger partial charge < -0.3 is 10.1 Å². The highest BCUT2D eigenvalue weighted by Gasteiger charge is 2.29. The average Bonchev–Trinajstić information content (AvgIpc) is 3.30. The standard InChI is InChI=1S/C18H27N3O/c1-2-4-13(3-1)9-12-22-18-15-7-10-19-11-8-16(15)20-17(21-18)14-5-6-14/h13-14,19H,1-12H2. The Kier molecular flexibility index (Phi) is 4.28. The van der Waals surface area contributed by atoms with Crippen molar-refractivity contribution < 1.29 is 4.74 Å². The van der Waals surface area contributed by atoms with Crippen LogP contribution in [-0.2, 0) is 12.8 Å². The zero-order chi connectivity index (χ0) is 14.8. The summed E-state index contributed by atoms with van der Waals surface area (Å²) in [5.41, 5.74) is 2.50. The number of fused-ring (bicyclic) bond motifs is 1. The van der Waals surface area contributed by atoms with Gasteiger partial charge in [0.2, 0.25) is 5.88 Å². The molecule has 0 saturated heterocycles. The van der Waals surface area contributed by atoms with Crippen molar-refractivity contribution in [1.82, 2.24) is 15.3 Å². The van der Waals surface area contributed by atoms with Gasteiger partial charge in [0.1, 0.15) is 5.82 Å². The summed E-state index contributed by atoms with van der Waals surface area (Å²) in [6.07, 6.45) is 11.3. The zero-order valence-electron chi connectivity index (χ0n) is 13.4. The fourth-order valence-corrected chi connectivity index (χ4v) is 3.79. The van der Waals surface area contributed by atoms with E-state index in [-0.39, 0.29) is 0 Å². The van der Waals surface area contributed by atoms with Crippen LogP contribution >= 0.6 is 0 Å². The van der Waals surface area contributed by atoms with Crippen molar-refractivity contribution in [3.05, 3.63) is 17.1 Å². The van der Waals surface area contributed by atoms with Crippen LogP contribution in [0.3, 0.4) is 0 Å². The molecule has 22 heavy (non-hydrogen) atoms. The molecule has 2 fully saturated rings. The third-order valence-corrected chi connectivity index (χ3v) is 5.34. The van der Waals surface area contributed by atoms with Crippen molar-refractivity contribution in [1.29, 1.82) is 0 Å². The predicted molar refractivity (Wildman–Crippen MR) is 86.4 cm³/mol. The molecule has 1 aliphatic heterocycles. The molecule has 4 heteroatoms. The first-order valence-corrected chi connectivity index (χ1v) is 9.13. The monoisotopic (exact) mass is 301 g/mol. The van der Waals surface area contributed by atoms with Gasteiger partial charge in [-0.2, -0.15) is 4.98 Å². The van der Waals surface area contributed by atoms with Crippen molar-refractivity contribution in [2.24, 2.45) is 5.92 Å². The lowest BCUT2D eigenvalue weighted by molar-refractivity contribution is 0.265. The maximum atomic E-state index is 6.16. The Morgan fingerprint density at radius 3 is 2.64 bits per heavy atom. The van der Waals surface area contributed by atoms with Gasteiger partial charge in [0, 0.05) is 24.4 Å². The number of nitrogens with one attached hydrogen (secondary N) is 1. The first kappa shape index (κ1) is 14.4. The predicted octanol–water partition coefficient (Wildman–Crippen LogP) is 3.00. The lowest BCUT2D eigenvalue weighted by atomic mass is 10.1. The van der Waals surface area contributed by atoms with Crippen LogP contribution in [0.4, 0.5) is 0 Å². The van der Waals surface area contributed by atoms with E-state index in [1.807, 2.05) is 0 Å². The molecule has 0 atom stereocenters. The molecule has 0 unspecified atom stereocenters. The summed E-state index contributed by atoms with van der Waals surface area (Å²) in [6.45, 7) is 2.86. The van der Waals surface area contributed by atoms with Crippen LogP contribution in [0, 0.1) is 5.92 Å². The van der Waals surface area contributed by atoms with Crippen molar-refractivity contribution in [3.63, 3.8) is 0 Å². The lowest BCUT2D eigenvalue weighted by Gasteiger charge is -2.15. The maximum Gasteiger partial charge on any atom is 0.220 e. The van der Waals surface area contributed by atoms with Gasteiger partial charge in [0.25, 0.3) is 0 Å². The van der Waals surface area contributed by atoms with Crippen LogP contribution in [0.15, 0.2) is 0 Å². The molecule has 1 aromatic rings. The number of nitrogens with zero attached hydrogens (tertiary/aromatic N) is 2. The summed E-state index contributed by atoms with van der Waals surface area (Å²) in [6, 6.07) is 0. The molecule has 2 saturated carbocycles. The SMILES string of the molecule is C1CCC(CCOc2nc(C3CC3)nc3c2CCNCC3)C1. The molecule has 1 aromatic heterocycles. The lowest BCUT2D eigenvalue weighted by Crippen LogP contribution is -2.16. The van der Waals surface area contributed by atoms with Crippen molar-refractivity contribution in [2.75, 3.05) is 19.7 Å². The highest BCUT2D eigenvalue weighted by Crippen LogP contribution is 2.39. The van der Waals surface area contributed by atoms with E-state index >= 15 is 0 Å². The maximum absolute atomic E-state index is 6.16. The molecule has 0 aromatic carbocycles. The molecule has 0 spiro atoms. The molecule has 2 aliphatic carbocycles. The molecule has 2 heterocycles. The fourth-order valence-electron chi connectivity index (χ4n) is 3.79. The van der Waals surface area contributed by atoms with Crippen LogP contribution in [0.1, 0.15) is 67.9 Å². The summed E-state index contributed by atoms with van der Waals surface area (Å²) in [4.78, 5) is 9.64. The molecule has 1 N–H and O–H groups in total. The molecule has 120 valence electrons. The van der Waals surface area contributed by atoms with E-state index in [2.05, 4.69) is 5.32 Å². The normalized spacial score (nSPS) is 22.4. The van der Waals surface area contributed by atoms with Gasteiger partial charge in [-0.25, -0.2) is 4.98 Å². The molecule has 0 radical (unpaired) electrons. The van der Waals surface area contributed by atoms with Gasteiger partial charge in [-0.15, -0.1) is 0 Å². The van der Waals surface area contributed by atoms with Gasteiger partial charge in [0.05, 0.1) is 12.3 Å². The van der Waals surface area contributed by atoms with E-state index < -0.39 is 0 Å². The Bertz CT molecular complexity index is 521. The smallest absolute Gasteiger partial charge is 0.220 e. The number of aromatic nitrogens is 2. The summed E-state index contributed by atoms with van der Waals surface area (Å²) in [5.74, 6) is 3.41. The van der Waals surface area contributed by atoms with Crippen LogP contribution in [-0.4, -0.2) is 29.7 Å². The van der Waals surface area contributed by atoms with E-state index in [4.69, 9.17) is 14.7 Å². The number of hydrogen-bond donors (Lipinski definition) is 1. The van der Waals surface area contributed by atoms with E-state index in [0.29, 0.717) is 5.92 Å². The third-order valence-electron chi connectivity index (χ3n) is 5.34. The highest BCUT2D eigenvalue weighted by molar-refractivity contribution is 5.34. The molecular weight excluding hydrogens is 274 g/mol. The molecule has 0 bridgehead atoms. The Labute approximate surface area is 133 Å². The number of ether oxygens (including phenoxy) is 1. The number of rotatable bonds is 5. The van der Waals surface area contributed by atoms with E-state index in [1.165, 1.54) is 56.2 Å². The summed E-state index contributed by atoms with van der Waals surface area (Å²) < 4.78 is 6.16. The van der Waals surface area contributed by atoms with Gasteiger partial charge in [-0.05, 0) is 38.1 Å². The molecule has 3 aliphatic rings. The van der Waals surface area contributed by atoms with Gasteiger partial charge >= 0.3 is 0 Å². The second-order valence-corrected chi connectivity index (χ2v) is 7.12. The van der Waals surface area contributed by atoms with Gasteiger partial charge in [-0.3, -0.25) is 0 Å². The fraction of sp³-hybridized carbons (Fsp3) is 0.778. The molecular formula is C18H27N3O. The molecule has 0 amide bonds. The van der Waals surface area contributed by atoms with Crippen molar-refractivity contribution in [3.8, 4) is 5.88 Å². The van der Waals surface area contributed by atoms with Crippen molar-refractivity contribution >= 4 is 0 Å². The number of hydrogen-bond acceptors (Lipinski definition) is 4. The Hall–Kier alpha value is -1.16. The highest BCUT2D eigenvalue weighted by atomic mass is 16.5. The Morgan fingerprint density at radius 1 is 1.00 bits per heavy atom. The van der Waals surface area contributed by atoms with Crippen LogP contribution in [0.5, 0.6) is 5.88 Å². The minimum absolute atomic E-state index is 0.596. The van der Waals surface area contributed by atoms with Gasteiger partial charge in [-0.1, -0.05) is 25.7 Å². The summed E-state index contributed by atoms with van der Waals surface area (Å²) >= 11 is 0. The average molecular weight is 301 g/mol. The quantitative estimate of drug-likeness (QED) is 0.908. The minimum atomic E-state index is 0.596. The van der Waals surface area contributed by atoms with E-state index in [0.717, 1.165) is 50.2 Å². The third kappa shape index (κ3) is 3.27. The summed E-state index contributed by atoms with van der Waals surface area (Å²) in [7, 11) is 0. The minimum Gasteiger partial charge on any atom is -0.477 e.